The van der Waals surface area contributed by atoms with E-state index in [-0.39, 0.29) is 24.4 Å². The second-order valence-electron chi connectivity index (χ2n) is 6.67. The minimum absolute atomic E-state index is 0.124. The summed E-state index contributed by atoms with van der Waals surface area (Å²) in [5.74, 6) is 0.291. The Morgan fingerprint density at radius 1 is 1.14 bits per heavy atom. The van der Waals surface area contributed by atoms with E-state index in [4.69, 9.17) is 0 Å². The van der Waals surface area contributed by atoms with Gasteiger partial charge in [-0.25, -0.2) is 9.67 Å². The number of nitrogens with one attached hydrogen (secondary N) is 1. The van der Waals surface area contributed by atoms with Crippen molar-refractivity contribution in [1.29, 1.82) is 0 Å². The Morgan fingerprint density at radius 3 is 2.59 bits per heavy atom. The fraction of sp³-hybridized carbons (Fsp3) is 0.263. The van der Waals surface area contributed by atoms with Crippen molar-refractivity contribution in [3.05, 3.63) is 57.2 Å². The fourth-order valence-electron chi connectivity index (χ4n) is 2.99. The van der Waals surface area contributed by atoms with Gasteiger partial charge in [-0.15, -0.1) is 10.2 Å². The Bertz CT molecular complexity index is 1250. The van der Waals surface area contributed by atoms with E-state index in [0.29, 0.717) is 22.0 Å². The first-order valence-electron chi connectivity index (χ1n) is 9.04. The van der Waals surface area contributed by atoms with Crippen molar-refractivity contribution in [2.24, 2.45) is 0 Å². The number of anilines is 1. The molecular weight excluding hydrogens is 390 g/mol. The summed E-state index contributed by atoms with van der Waals surface area (Å²) in [6.45, 7) is 5.79. The number of carbonyl (C=O) groups excluding carboxylic acids is 1. The molecule has 29 heavy (non-hydrogen) atoms. The molecule has 9 nitrogen and oxygen atoms in total. The minimum Gasteiger partial charge on any atom is -0.300 e. The average molecular weight is 409 g/mol. The van der Waals surface area contributed by atoms with E-state index in [1.54, 1.807) is 11.6 Å². The van der Waals surface area contributed by atoms with Crippen molar-refractivity contribution in [3.8, 4) is 5.69 Å². The zero-order valence-electron chi connectivity index (χ0n) is 16.2. The van der Waals surface area contributed by atoms with Gasteiger partial charge < -0.3 is 5.32 Å². The van der Waals surface area contributed by atoms with Crippen molar-refractivity contribution in [2.45, 2.75) is 33.7 Å². The predicted molar refractivity (Wildman–Crippen MR) is 110 cm³/mol. The summed E-state index contributed by atoms with van der Waals surface area (Å²) in [6.07, 6.45) is 1.64. The molecule has 0 saturated carbocycles. The Hall–Kier alpha value is -3.40. The zero-order chi connectivity index (χ0) is 20.5. The summed E-state index contributed by atoms with van der Waals surface area (Å²) in [7, 11) is 0. The number of aryl methyl sites for hydroxylation is 3. The molecule has 0 aliphatic carbocycles. The van der Waals surface area contributed by atoms with Crippen molar-refractivity contribution >= 4 is 33.4 Å². The highest BCUT2D eigenvalue weighted by Gasteiger charge is 2.15. The lowest BCUT2D eigenvalue weighted by molar-refractivity contribution is -0.116. The van der Waals surface area contributed by atoms with E-state index < -0.39 is 0 Å². The van der Waals surface area contributed by atoms with Crippen LogP contribution in [0.5, 0.6) is 0 Å². The van der Waals surface area contributed by atoms with Crippen LogP contribution >= 0.6 is 11.3 Å². The number of hydrogen-bond donors (Lipinski definition) is 1. The number of hydrogen-bond acceptors (Lipinski definition) is 7. The molecule has 4 rings (SSSR count). The van der Waals surface area contributed by atoms with Gasteiger partial charge in [-0.3, -0.25) is 14.2 Å². The summed E-state index contributed by atoms with van der Waals surface area (Å²) >= 11 is 1.30. The van der Waals surface area contributed by atoms with Crippen LogP contribution in [0.15, 0.2) is 35.3 Å². The molecule has 0 spiro atoms. The molecule has 0 aliphatic rings. The maximum absolute atomic E-state index is 12.9. The average Bonchev–Trinajstić information content (AvgIpc) is 3.28. The van der Waals surface area contributed by atoms with Crippen molar-refractivity contribution in [3.63, 3.8) is 0 Å². The van der Waals surface area contributed by atoms with E-state index >= 15 is 0 Å². The maximum Gasteiger partial charge on any atom is 0.264 e. The molecule has 0 unspecified atom stereocenters. The smallest absolute Gasteiger partial charge is 0.264 e. The Morgan fingerprint density at radius 2 is 1.90 bits per heavy atom. The highest BCUT2D eigenvalue weighted by Crippen LogP contribution is 2.16. The molecule has 0 fully saturated rings. The van der Waals surface area contributed by atoms with Crippen LogP contribution in [-0.4, -0.2) is 35.4 Å². The topological polar surface area (TPSA) is 108 Å². The summed E-state index contributed by atoms with van der Waals surface area (Å²) in [5.41, 5.74) is 2.26. The molecule has 10 heteroatoms. The molecule has 4 aromatic rings. The molecule has 0 radical (unpaired) electrons. The monoisotopic (exact) mass is 409 g/mol. The molecule has 0 atom stereocenters. The Labute approximate surface area is 170 Å². The van der Waals surface area contributed by atoms with Crippen molar-refractivity contribution in [2.75, 3.05) is 5.32 Å². The highest BCUT2D eigenvalue weighted by molar-refractivity contribution is 7.15. The number of carbonyl (C=O) groups is 1. The number of rotatable bonds is 5. The number of amides is 1. The van der Waals surface area contributed by atoms with Crippen LogP contribution in [0, 0.1) is 20.8 Å². The molecule has 3 aromatic heterocycles. The van der Waals surface area contributed by atoms with Gasteiger partial charge in [0.25, 0.3) is 5.56 Å². The van der Waals surface area contributed by atoms with Gasteiger partial charge >= 0.3 is 0 Å². The van der Waals surface area contributed by atoms with Crippen LogP contribution in [0.2, 0.25) is 0 Å². The summed E-state index contributed by atoms with van der Waals surface area (Å²) < 4.78 is 3.15. The summed E-state index contributed by atoms with van der Waals surface area (Å²) in [4.78, 5) is 29.7. The molecule has 3 heterocycles. The summed E-state index contributed by atoms with van der Waals surface area (Å²) in [6, 6.07) is 7.83. The summed E-state index contributed by atoms with van der Waals surface area (Å²) in [5, 5.41) is 16.4. The van der Waals surface area contributed by atoms with Gasteiger partial charge in [-0.05, 0) is 32.9 Å². The third kappa shape index (κ3) is 3.79. The van der Waals surface area contributed by atoms with Crippen LogP contribution in [0.3, 0.4) is 0 Å². The predicted octanol–water partition coefficient (Wildman–Crippen LogP) is 2.39. The third-order valence-corrected chi connectivity index (χ3v) is 5.25. The highest BCUT2D eigenvalue weighted by atomic mass is 32.1. The zero-order valence-corrected chi connectivity index (χ0v) is 17.0. The number of nitrogens with zero attached hydrogens (tertiary/aromatic N) is 6. The first-order valence-corrected chi connectivity index (χ1v) is 9.86. The van der Waals surface area contributed by atoms with E-state index in [9.17, 15) is 9.59 Å². The molecule has 0 saturated heterocycles. The molecule has 148 valence electrons. The van der Waals surface area contributed by atoms with E-state index in [1.165, 1.54) is 22.1 Å². The number of benzene rings is 1. The van der Waals surface area contributed by atoms with Crippen LogP contribution < -0.4 is 10.9 Å². The van der Waals surface area contributed by atoms with E-state index in [0.717, 1.165) is 16.3 Å². The van der Waals surface area contributed by atoms with Gasteiger partial charge in [0.05, 0.1) is 11.9 Å². The van der Waals surface area contributed by atoms with Gasteiger partial charge in [0.2, 0.25) is 11.0 Å². The molecule has 1 aromatic carbocycles. The second-order valence-corrected chi connectivity index (χ2v) is 7.85. The Kier molecular flexibility index (Phi) is 4.93. The van der Waals surface area contributed by atoms with E-state index in [2.05, 4.69) is 25.6 Å². The normalized spacial score (nSPS) is 11.1. The number of aromatic nitrogens is 6. The largest absolute Gasteiger partial charge is 0.300 e. The Balaban J connectivity index is 1.58. The van der Waals surface area contributed by atoms with Crippen LogP contribution in [0.25, 0.3) is 16.7 Å². The van der Waals surface area contributed by atoms with Gasteiger partial charge in [-0.2, -0.15) is 5.10 Å². The van der Waals surface area contributed by atoms with Crippen molar-refractivity contribution < 1.29 is 4.79 Å². The lowest BCUT2D eigenvalue weighted by Gasteiger charge is -2.10. The van der Waals surface area contributed by atoms with Crippen LogP contribution in [0.1, 0.15) is 22.8 Å². The quantitative estimate of drug-likeness (QED) is 0.542. The maximum atomic E-state index is 12.9. The van der Waals surface area contributed by atoms with E-state index in [1.807, 2.05) is 38.1 Å². The molecular formula is C19H19N7O2S. The lowest BCUT2D eigenvalue weighted by atomic mass is 10.2. The van der Waals surface area contributed by atoms with Crippen LogP contribution in [-0.2, 0) is 11.3 Å². The fourth-order valence-corrected chi connectivity index (χ4v) is 3.59. The first kappa shape index (κ1) is 18.9. The van der Waals surface area contributed by atoms with Gasteiger partial charge in [-0.1, -0.05) is 29.0 Å². The molecule has 0 aliphatic heterocycles. The standard InChI is InChI=1S/C19H19N7O2S/c1-11-4-6-14(7-5-11)26-17-15(10-20-26)18(28)25(12(2)21-17)9-8-16(27)22-19-24-23-13(3)29-19/h4-7,10H,8-9H2,1-3H3,(H,22,24,27). The first-order chi connectivity index (χ1) is 13.9. The lowest BCUT2D eigenvalue weighted by Crippen LogP contribution is -2.26. The van der Waals surface area contributed by atoms with Crippen molar-refractivity contribution in [1.82, 2.24) is 29.5 Å². The van der Waals surface area contributed by atoms with Crippen LogP contribution in [0.4, 0.5) is 5.13 Å². The third-order valence-electron chi connectivity index (χ3n) is 4.49. The minimum atomic E-state index is -0.233. The SMILES string of the molecule is Cc1ccc(-n2ncc3c(=O)n(CCC(=O)Nc4nnc(C)s4)c(C)nc32)cc1. The molecule has 0 bridgehead atoms. The van der Waals surface area contributed by atoms with Gasteiger partial charge in [0, 0.05) is 13.0 Å². The van der Waals surface area contributed by atoms with Gasteiger partial charge in [0.1, 0.15) is 16.2 Å². The molecule has 1 N–H and O–H groups in total. The second kappa shape index (κ2) is 7.55. The van der Waals surface area contributed by atoms with Gasteiger partial charge in [0.15, 0.2) is 5.65 Å². The molecule has 1 amide bonds. The number of fused-ring (bicyclic) bond motifs is 1.